The molecule has 0 saturated heterocycles. The quantitative estimate of drug-likeness (QED) is 0.593. The Bertz CT molecular complexity index is 328. The fourth-order valence-corrected chi connectivity index (χ4v) is 1.78. The number of thioether (sulfide) groups is 1. The molecule has 4 nitrogen and oxygen atoms in total. The zero-order valence-corrected chi connectivity index (χ0v) is 7.93. The molecule has 0 atom stereocenters. The number of aryl methyl sites for hydroxylation is 1. The highest BCUT2D eigenvalue weighted by Gasteiger charge is 2.15. The van der Waals surface area contributed by atoms with Crippen molar-refractivity contribution in [1.29, 1.82) is 0 Å². The van der Waals surface area contributed by atoms with E-state index in [2.05, 4.69) is 15.1 Å². The van der Waals surface area contributed by atoms with Gasteiger partial charge in [-0.05, 0) is 13.2 Å². The molecule has 1 aromatic rings. The Labute approximate surface area is 75.1 Å². The second kappa shape index (κ2) is 2.90. The lowest BCUT2D eigenvalue weighted by molar-refractivity contribution is 0.774. The first-order valence-corrected chi connectivity index (χ1v) is 5.05. The van der Waals surface area contributed by atoms with E-state index in [9.17, 15) is 0 Å². The van der Waals surface area contributed by atoms with Crippen molar-refractivity contribution in [2.24, 2.45) is 4.99 Å². The summed E-state index contributed by atoms with van der Waals surface area (Å²) in [7, 11) is 0. The van der Waals surface area contributed by atoms with E-state index >= 15 is 0 Å². The van der Waals surface area contributed by atoms with Crippen LogP contribution in [0.3, 0.4) is 0 Å². The van der Waals surface area contributed by atoms with Gasteiger partial charge < -0.3 is 0 Å². The number of aliphatic imine (C=N–C) groups is 1. The predicted octanol–water partition coefficient (Wildman–Crippen LogP) is 0.710. The van der Waals surface area contributed by atoms with Crippen molar-refractivity contribution in [1.82, 2.24) is 14.8 Å². The van der Waals surface area contributed by atoms with Gasteiger partial charge in [-0.2, -0.15) is 4.68 Å². The third-order valence-electron chi connectivity index (χ3n) is 1.73. The van der Waals surface area contributed by atoms with E-state index in [1.165, 1.54) is 0 Å². The van der Waals surface area contributed by atoms with Gasteiger partial charge >= 0.3 is 0 Å². The summed E-state index contributed by atoms with van der Waals surface area (Å²) in [5, 5.41) is 5.21. The van der Waals surface area contributed by atoms with E-state index in [1.807, 2.05) is 17.9 Å². The van der Waals surface area contributed by atoms with Gasteiger partial charge in [-0.15, -0.1) is 5.10 Å². The zero-order valence-electron chi connectivity index (χ0n) is 7.11. The maximum absolute atomic E-state index is 4.34. The lowest BCUT2D eigenvalue weighted by Crippen LogP contribution is -2.19. The highest BCUT2D eigenvalue weighted by molar-refractivity contribution is 8.13. The van der Waals surface area contributed by atoms with Crippen LogP contribution in [0.5, 0.6) is 0 Å². The molecule has 0 aliphatic carbocycles. The van der Waals surface area contributed by atoms with Crippen molar-refractivity contribution >= 4 is 16.9 Å². The monoisotopic (exact) mass is 182 g/mol. The summed E-state index contributed by atoms with van der Waals surface area (Å²) in [6.07, 6.45) is 2.91. The summed E-state index contributed by atoms with van der Waals surface area (Å²) >= 11 is 1.61. The second-order valence-electron chi connectivity index (χ2n) is 2.61. The van der Waals surface area contributed by atoms with Crippen LogP contribution in [-0.4, -0.2) is 32.7 Å². The zero-order chi connectivity index (χ0) is 8.55. The standard InChI is InChI=1S/C7H10N4S/c1-5-9-6-3-4-8-7(12-2)11(6)10-5/h3-4H2,1-2H3. The maximum atomic E-state index is 4.34. The van der Waals surface area contributed by atoms with Gasteiger partial charge in [-0.25, -0.2) is 4.98 Å². The molecule has 5 heteroatoms. The number of hydrogen-bond donors (Lipinski definition) is 0. The van der Waals surface area contributed by atoms with Crippen LogP contribution in [0.2, 0.25) is 0 Å². The van der Waals surface area contributed by atoms with Crippen LogP contribution in [0.4, 0.5) is 0 Å². The summed E-state index contributed by atoms with van der Waals surface area (Å²) in [5.41, 5.74) is 0. The van der Waals surface area contributed by atoms with Crippen molar-refractivity contribution in [2.75, 3.05) is 12.8 Å². The molecule has 0 fully saturated rings. The number of hydrogen-bond acceptors (Lipinski definition) is 4. The molecule has 0 N–H and O–H groups in total. The maximum Gasteiger partial charge on any atom is 0.185 e. The van der Waals surface area contributed by atoms with Crippen molar-refractivity contribution in [2.45, 2.75) is 13.3 Å². The lowest BCUT2D eigenvalue weighted by Gasteiger charge is -2.10. The van der Waals surface area contributed by atoms with Gasteiger partial charge in [0.25, 0.3) is 0 Å². The van der Waals surface area contributed by atoms with E-state index in [1.54, 1.807) is 11.8 Å². The first kappa shape index (κ1) is 7.79. The van der Waals surface area contributed by atoms with E-state index in [0.29, 0.717) is 0 Å². The van der Waals surface area contributed by atoms with Gasteiger partial charge in [0.15, 0.2) is 5.17 Å². The Balaban J connectivity index is 2.47. The highest BCUT2D eigenvalue weighted by atomic mass is 32.2. The van der Waals surface area contributed by atoms with Crippen LogP contribution in [0.1, 0.15) is 11.6 Å². The fourth-order valence-electron chi connectivity index (χ4n) is 1.24. The van der Waals surface area contributed by atoms with Crippen LogP contribution >= 0.6 is 11.8 Å². The predicted molar refractivity (Wildman–Crippen MR) is 49.7 cm³/mol. The van der Waals surface area contributed by atoms with Crippen LogP contribution in [0, 0.1) is 6.92 Å². The second-order valence-corrected chi connectivity index (χ2v) is 3.38. The minimum absolute atomic E-state index is 0.827. The first-order valence-electron chi connectivity index (χ1n) is 3.82. The van der Waals surface area contributed by atoms with Crippen LogP contribution in [-0.2, 0) is 6.42 Å². The van der Waals surface area contributed by atoms with E-state index in [-0.39, 0.29) is 0 Å². The molecule has 64 valence electrons. The van der Waals surface area contributed by atoms with Crippen molar-refractivity contribution in [3.05, 3.63) is 11.6 Å². The van der Waals surface area contributed by atoms with Gasteiger partial charge in [-0.1, -0.05) is 11.8 Å². The average molecular weight is 182 g/mol. The summed E-state index contributed by atoms with van der Waals surface area (Å²) in [6.45, 7) is 2.75. The Morgan fingerprint density at radius 2 is 2.33 bits per heavy atom. The Hall–Kier alpha value is -0.840. The van der Waals surface area contributed by atoms with Crippen molar-refractivity contribution < 1.29 is 0 Å². The van der Waals surface area contributed by atoms with Gasteiger partial charge in [0, 0.05) is 13.0 Å². The SMILES string of the molecule is CSC1=NCCc2nc(C)nn21. The molecule has 2 rings (SSSR count). The molecule has 0 spiro atoms. The van der Waals surface area contributed by atoms with E-state index in [4.69, 9.17) is 0 Å². The van der Waals surface area contributed by atoms with E-state index in [0.717, 1.165) is 29.8 Å². The molecule has 0 radical (unpaired) electrons. The fraction of sp³-hybridized carbons (Fsp3) is 0.571. The Morgan fingerprint density at radius 1 is 1.50 bits per heavy atom. The van der Waals surface area contributed by atoms with Gasteiger partial charge in [0.1, 0.15) is 11.6 Å². The number of nitrogens with zero attached hydrogens (tertiary/aromatic N) is 4. The Morgan fingerprint density at radius 3 is 3.08 bits per heavy atom. The molecule has 0 bridgehead atoms. The summed E-state index contributed by atoms with van der Waals surface area (Å²) in [4.78, 5) is 8.65. The van der Waals surface area contributed by atoms with Crippen molar-refractivity contribution in [3.8, 4) is 0 Å². The van der Waals surface area contributed by atoms with Gasteiger partial charge in [0.05, 0.1) is 0 Å². The summed E-state index contributed by atoms with van der Waals surface area (Å²) in [5.74, 6) is 1.86. The Kier molecular flexibility index (Phi) is 1.88. The number of rotatable bonds is 0. The molecule has 1 aromatic heterocycles. The van der Waals surface area contributed by atoms with Crippen molar-refractivity contribution in [3.63, 3.8) is 0 Å². The molecule has 1 aliphatic heterocycles. The van der Waals surface area contributed by atoms with E-state index < -0.39 is 0 Å². The first-order chi connectivity index (χ1) is 5.81. The minimum atomic E-state index is 0.827. The topological polar surface area (TPSA) is 43.1 Å². The van der Waals surface area contributed by atoms with Crippen LogP contribution in [0.15, 0.2) is 4.99 Å². The highest BCUT2D eigenvalue weighted by Crippen LogP contribution is 2.11. The minimum Gasteiger partial charge on any atom is -0.260 e. The lowest BCUT2D eigenvalue weighted by atomic mass is 10.4. The van der Waals surface area contributed by atoms with Gasteiger partial charge in [-0.3, -0.25) is 4.99 Å². The molecule has 0 saturated carbocycles. The molecular formula is C7H10N4S. The largest absolute Gasteiger partial charge is 0.260 e. The van der Waals surface area contributed by atoms with Crippen LogP contribution in [0.25, 0.3) is 0 Å². The number of fused-ring (bicyclic) bond motifs is 1. The molecule has 12 heavy (non-hydrogen) atoms. The normalized spacial score (nSPS) is 15.7. The molecule has 2 heterocycles. The average Bonchev–Trinajstić information content (AvgIpc) is 2.44. The third-order valence-corrected chi connectivity index (χ3v) is 2.39. The molecule has 0 aromatic carbocycles. The smallest absolute Gasteiger partial charge is 0.185 e. The third kappa shape index (κ3) is 1.14. The summed E-state index contributed by atoms with van der Waals surface area (Å²) < 4.78 is 1.84. The van der Waals surface area contributed by atoms with Gasteiger partial charge in [0.2, 0.25) is 0 Å². The molecule has 1 aliphatic rings. The van der Waals surface area contributed by atoms with Crippen LogP contribution < -0.4 is 0 Å². The number of aromatic nitrogens is 3. The molecular weight excluding hydrogens is 172 g/mol. The molecule has 0 amide bonds. The summed E-state index contributed by atoms with van der Waals surface area (Å²) in [6, 6.07) is 0. The molecule has 0 unspecified atom stereocenters.